The fourth-order valence-electron chi connectivity index (χ4n) is 0. The van der Waals surface area contributed by atoms with Crippen molar-refractivity contribution in [3.8, 4) is 0 Å². The molecule has 1 nitrogen and oxygen atoms in total. The molecule has 0 N–H and O–H groups in total. The van der Waals surface area contributed by atoms with Crippen LogP contribution in [0.15, 0.2) is 0 Å². The first-order valence-electron chi connectivity index (χ1n) is 1.64. The highest BCUT2D eigenvalue weighted by Gasteiger charge is 1.78. The zero-order valence-corrected chi connectivity index (χ0v) is 3.53. The Morgan fingerprint density at radius 1 is 2.00 bits per heavy atom. The second-order valence-electron chi connectivity index (χ2n) is 0.921. The van der Waals surface area contributed by atoms with E-state index in [1.807, 2.05) is 0 Å². The van der Waals surface area contributed by atoms with Gasteiger partial charge in [0.15, 0.2) is 0 Å². The summed E-state index contributed by atoms with van der Waals surface area (Å²) in [5.41, 5.74) is 0. The van der Waals surface area contributed by atoms with E-state index in [4.69, 9.17) is 0 Å². The van der Waals surface area contributed by atoms with Crippen LogP contribution in [0.2, 0.25) is 0 Å². The molecule has 0 aromatic heterocycles. The number of hydrogen-bond donors (Lipinski definition) is 0. The zero-order valence-electron chi connectivity index (χ0n) is 3.53. The van der Waals surface area contributed by atoms with Gasteiger partial charge in [-0.25, -0.2) is 0 Å². The van der Waals surface area contributed by atoms with Crippen molar-refractivity contribution in [1.29, 1.82) is 0 Å². The fraction of sp³-hybridized carbons (Fsp3) is 1.00. The van der Waals surface area contributed by atoms with Crippen LogP contribution in [-0.2, 0) is 0 Å². The molecule has 0 aliphatic heterocycles. The van der Waals surface area contributed by atoms with E-state index < -0.39 is 0 Å². The third-order valence-electron chi connectivity index (χ3n) is 0.436. The van der Waals surface area contributed by atoms with Crippen LogP contribution in [0.1, 0.15) is 6.92 Å². The molecule has 0 aromatic rings. The highest BCUT2D eigenvalue weighted by molar-refractivity contribution is 6.03. The number of hydrogen-bond acceptors (Lipinski definition) is 1. The highest BCUT2D eigenvalue weighted by Crippen LogP contribution is 1.72. The molecule has 0 radical (unpaired) electrons. The molecule has 0 rings (SSSR count). The summed E-state index contributed by atoms with van der Waals surface area (Å²) in [6, 6.07) is 0. The van der Waals surface area contributed by atoms with Crippen molar-refractivity contribution in [3.63, 3.8) is 0 Å². The Morgan fingerprint density at radius 3 is 2.20 bits per heavy atom. The summed E-state index contributed by atoms with van der Waals surface area (Å²) in [7, 11) is 1.39. The van der Waals surface area contributed by atoms with E-state index in [9.17, 15) is 4.48 Å². The molecule has 0 bridgehead atoms. The quantitative estimate of drug-likeness (QED) is 0.306. The molecule has 3 heteroatoms. The molecule has 5 heavy (non-hydrogen) atoms. The van der Waals surface area contributed by atoms with Crippen LogP contribution in [0.5, 0.6) is 0 Å². The lowest BCUT2D eigenvalue weighted by Crippen LogP contribution is -2.05. The Balaban J connectivity index is 2.54. The monoisotopic (exact) mass is 75.1 g/mol. The maximum absolute atomic E-state index is 11.3. The first-order chi connectivity index (χ1) is 2.27. The number of halogens is 1. The van der Waals surface area contributed by atoms with E-state index in [1.165, 1.54) is 7.98 Å². The smallest absolute Gasteiger partial charge is 0.199 e. The van der Waals surface area contributed by atoms with E-state index in [-0.39, 0.29) is 0 Å². The van der Waals surface area contributed by atoms with Gasteiger partial charge in [-0.3, -0.25) is 0 Å². The summed E-state index contributed by atoms with van der Waals surface area (Å²) in [4.78, 5) is 0. The third-order valence-corrected chi connectivity index (χ3v) is 0.436. The first kappa shape index (κ1) is 4.95. The SMILES string of the molecule is BN(F)CC. The normalized spacial score (nSPS) is 9.40. The van der Waals surface area contributed by atoms with Crippen LogP contribution in [0, 0.1) is 0 Å². The molecule has 0 heterocycles. The van der Waals surface area contributed by atoms with Gasteiger partial charge >= 0.3 is 0 Å². The van der Waals surface area contributed by atoms with E-state index in [2.05, 4.69) is 0 Å². The Labute approximate surface area is 32.1 Å². The molecule has 0 amide bonds. The van der Waals surface area contributed by atoms with Gasteiger partial charge in [0.05, 0.1) is 0 Å². The maximum atomic E-state index is 11.3. The summed E-state index contributed by atoms with van der Waals surface area (Å²) in [5, 5.41) is 0.625. The van der Waals surface area contributed by atoms with E-state index in [0.29, 0.717) is 11.6 Å². The molecule has 0 atom stereocenters. The summed E-state index contributed by atoms with van der Waals surface area (Å²) in [5.74, 6) is 0. The standard InChI is InChI=1S/C2H7BFN/c1-2-5(3)4/h2-3H2,1H3. The molecule has 0 aromatic carbocycles. The second-order valence-corrected chi connectivity index (χ2v) is 0.921. The maximum Gasteiger partial charge on any atom is 0.227 e. The van der Waals surface area contributed by atoms with Gasteiger partial charge < -0.3 is 0 Å². The van der Waals surface area contributed by atoms with Crippen molar-refractivity contribution in [2.24, 2.45) is 0 Å². The minimum absolute atomic E-state index is 0.472. The Morgan fingerprint density at radius 2 is 2.20 bits per heavy atom. The van der Waals surface area contributed by atoms with Gasteiger partial charge in [-0.15, -0.1) is 4.48 Å². The van der Waals surface area contributed by atoms with E-state index >= 15 is 0 Å². The van der Waals surface area contributed by atoms with E-state index in [0.717, 1.165) is 0 Å². The largest absolute Gasteiger partial charge is 0.227 e. The molecule has 0 saturated carbocycles. The van der Waals surface area contributed by atoms with Crippen molar-refractivity contribution in [2.75, 3.05) is 6.54 Å². The van der Waals surface area contributed by atoms with Crippen molar-refractivity contribution < 1.29 is 4.48 Å². The molecule has 0 spiro atoms. The molecular weight excluding hydrogens is 67.8 g/mol. The number of rotatable bonds is 1. The predicted molar refractivity (Wildman–Crippen MR) is 22.0 cm³/mol. The van der Waals surface area contributed by atoms with Gasteiger partial charge in [-0.2, -0.15) is 5.03 Å². The fourth-order valence-corrected chi connectivity index (χ4v) is 0. The summed E-state index contributed by atoms with van der Waals surface area (Å²) >= 11 is 0. The van der Waals surface area contributed by atoms with Gasteiger partial charge in [-0.1, -0.05) is 6.92 Å². The van der Waals surface area contributed by atoms with Crippen LogP contribution in [0.25, 0.3) is 0 Å². The minimum atomic E-state index is 0.472. The average molecular weight is 74.9 g/mol. The lowest BCUT2D eigenvalue weighted by atomic mass is 10.4. The molecule has 0 fully saturated rings. The van der Waals surface area contributed by atoms with Crippen molar-refractivity contribution >= 4 is 7.98 Å². The Kier molecular flexibility index (Phi) is 2.19. The van der Waals surface area contributed by atoms with Crippen molar-refractivity contribution in [1.82, 2.24) is 5.03 Å². The molecule has 0 aliphatic carbocycles. The van der Waals surface area contributed by atoms with Crippen LogP contribution >= 0.6 is 0 Å². The van der Waals surface area contributed by atoms with Crippen LogP contribution < -0.4 is 0 Å². The minimum Gasteiger partial charge on any atom is -0.199 e. The molecule has 0 aliphatic rings. The second kappa shape index (κ2) is 2.21. The van der Waals surface area contributed by atoms with Gasteiger partial charge in [0.1, 0.15) is 0 Å². The third kappa shape index (κ3) is 3.95. The highest BCUT2D eigenvalue weighted by atomic mass is 19.2. The van der Waals surface area contributed by atoms with Crippen LogP contribution in [-0.4, -0.2) is 19.6 Å². The molecular formula is C2H7BFN. The average Bonchev–Trinajstić information content (AvgIpc) is 1.38. The van der Waals surface area contributed by atoms with Crippen LogP contribution in [0.3, 0.4) is 0 Å². The summed E-state index contributed by atoms with van der Waals surface area (Å²) in [6.45, 7) is 2.22. The van der Waals surface area contributed by atoms with Gasteiger partial charge in [-0.05, 0) is 0 Å². The van der Waals surface area contributed by atoms with E-state index in [1.54, 1.807) is 6.92 Å². The summed E-state index contributed by atoms with van der Waals surface area (Å²) in [6.07, 6.45) is 0. The van der Waals surface area contributed by atoms with Gasteiger partial charge in [0.2, 0.25) is 7.98 Å². The molecule has 0 saturated heterocycles. The summed E-state index contributed by atoms with van der Waals surface area (Å²) < 4.78 is 11.3. The lowest BCUT2D eigenvalue weighted by molar-refractivity contribution is 0.154. The van der Waals surface area contributed by atoms with Gasteiger partial charge in [0.25, 0.3) is 0 Å². The topological polar surface area (TPSA) is 3.24 Å². The number of nitrogens with zero attached hydrogens (tertiary/aromatic N) is 1. The predicted octanol–water partition coefficient (Wildman–Crippen LogP) is -0.259. The molecule has 0 unspecified atom stereocenters. The zero-order chi connectivity index (χ0) is 4.28. The van der Waals surface area contributed by atoms with Crippen molar-refractivity contribution in [3.05, 3.63) is 0 Å². The van der Waals surface area contributed by atoms with Crippen LogP contribution in [0.4, 0.5) is 4.48 Å². The Bertz CT molecular complexity index is 23.6. The molecule has 30 valence electrons. The van der Waals surface area contributed by atoms with Gasteiger partial charge in [0, 0.05) is 6.54 Å². The lowest BCUT2D eigenvalue weighted by Gasteiger charge is -1.93. The first-order valence-corrected chi connectivity index (χ1v) is 1.64. The Hall–Kier alpha value is -0.0451. The van der Waals surface area contributed by atoms with Crippen molar-refractivity contribution in [2.45, 2.75) is 6.92 Å².